The van der Waals surface area contributed by atoms with E-state index in [1.807, 2.05) is 0 Å². The Bertz CT molecular complexity index is 652. The largest absolute Gasteiger partial charge is 0.573 e. The summed E-state index contributed by atoms with van der Waals surface area (Å²) < 4.78 is 40.8. The molecule has 0 spiro atoms. The second kappa shape index (κ2) is 4.97. The van der Waals surface area contributed by atoms with Crippen LogP contribution in [0.1, 0.15) is 0 Å². The molecule has 0 atom stereocenters. The second-order valence-corrected chi connectivity index (χ2v) is 3.96. The zero-order valence-corrected chi connectivity index (χ0v) is 10.0. The molecule has 0 saturated heterocycles. The van der Waals surface area contributed by atoms with Crippen molar-refractivity contribution in [1.29, 1.82) is 0 Å². The lowest BCUT2D eigenvalue weighted by molar-refractivity contribution is -0.274. The molecular weight excluding hydrogens is 283 g/mol. The Morgan fingerprint density at radius 3 is 2.47 bits per heavy atom. The van der Waals surface area contributed by atoms with Gasteiger partial charge < -0.3 is 9.72 Å². The minimum atomic E-state index is -4.82. The van der Waals surface area contributed by atoms with Crippen molar-refractivity contribution < 1.29 is 17.9 Å². The van der Waals surface area contributed by atoms with Gasteiger partial charge in [0.05, 0.1) is 0 Å². The number of pyridine rings is 1. The van der Waals surface area contributed by atoms with E-state index in [2.05, 4.69) is 9.72 Å². The molecule has 100 valence electrons. The van der Waals surface area contributed by atoms with Crippen molar-refractivity contribution in [2.75, 3.05) is 0 Å². The van der Waals surface area contributed by atoms with E-state index < -0.39 is 17.7 Å². The molecule has 0 radical (unpaired) electrons. The first-order valence-corrected chi connectivity index (χ1v) is 5.48. The second-order valence-electron chi connectivity index (χ2n) is 3.58. The fourth-order valence-corrected chi connectivity index (χ4v) is 1.79. The molecule has 2 aromatic rings. The molecular formula is C12H7ClF3NO2. The Hall–Kier alpha value is -1.95. The van der Waals surface area contributed by atoms with Crippen molar-refractivity contribution in [3.63, 3.8) is 0 Å². The Morgan fingerprint density at radius 1 is 1.11 bits per heavy atom. The maximum atomic E-state index is 12.3. The predicted octanol–water partition coefficient (Wildman–Crippen LogP) is 3.59. The minimum absolute atomic E-state index is 0.0934. The van der Waals surface area contributed by atoms with Gasteiger partial charge in [0, 0.05) is 17.3 Å². The summed E-state index contributed by atoms with van der Waals surface area (Å²) in [7, 11) is 0. The third kappa shape index (κ3) is 3.08. The van der Waals surface area contributed by atoms with Crippen LogP contribution in [0.3, 0.4) is 0 Å². The lowest BCUT2D eigenvalue weighted by Gasteiger charge is -2.13. The van der Waals surface area contributed by atoms with Crippen LogP contribution in [-0.2, 0) is 0 Å². The number of rotatable bonds is 2. The van der Waals surface area contributed by atoms with E-state index in [9.17, 15) is 18.0 Å². The molecule has 0 unspecified atom stereocenters. The van der Waals surface area contributed by atoms with Crippen molar-refractivity contribution in [3.8, 4) is 16.9 Å². The van der Waals surface area contributed by atoms with Crippen LogP contribution in [0.5, 0.6) is 5.75 Å². The van der Waals surface area contributed by atoms with Gasteiger partial charge in [-0.15, -0.1) is 13.2 Å². The normalized spacial score (nSPS) is 11.4. The average Bonchev–Trinajstić information content (AvgIpc) is 2.32. The van der Waals surface area contributed by atoms with E-state index in [1.54, 1.807) is 0 Å². The van der Waals surface area contributed by atoms with E-state index in [0.29, 0.717) is 0 Å². The number of aromatic nitrogens is 1. The summed E-state index contributed by atoms with van der Waals surface area (Å²) in [5, 5.41) is -0.194. The zero-order chi connectivity index (χ0) is 14.0. The van der Waals surface area contributed by atoms with Crippen LogP contribution >= 0.6 is 11.6 Å². The van der Waals surface area contributed by atoms with Crippen molar-refractivity contribution in [2.24, 2.45) is 0 Å². The third-order valence-corrected chi connectivity index (χ3v) is 2.68. The van der Waals surface area contributed by atoms with Crippen LogP contribution < -0.4 is 10.3 Å². The first-order valence-electron chi connectivity index (χ1n) is 5.11. The molecule has 0 aliphatic rings. The van der Waals surface area contributed by atoms with Gasteiger partial charge in [-0.05, 0) is 12.1 Å². The summed E-state index contributed by atoms with van der Waals surface area (Å²) in [6.45, 7) is 0. The summed E-state index contributed by atoms with van der Waals surface area (Å²) in [6.07, 6.45) is -3.52. The van der Waals surface area contributed by atoms with Crippen molar-refractivity contribution in [3.05, 3.63) is 51.9 Å². The first kappa shape index (κ1) is 13.5. The highest BCUT2D eigenvalue weighted by Gasteiger charge is 2.32. The minimum Gasteiger partial charge on any atom is -0.405 e. The molecule has 1 N–H and O–H groups in total. The van der Waals surface area contributed by atoms with Gasteiger partial charge in [-0.25, -0.2) is 0 Å². The quantitative estimate of drug-likeness (QED) is 0.918. The Kier molecular flexibility index (Phi) is 3.53. The standard InChI is InChI=1S/C12H7ClF3NO2/c13-10-8(5-6-17-11(10)18)7-3-1-2-4-9(7)19-12(14,15)16/h1-6H,(H,17,18). The molecule has 0 saturated carbocycles. The van der Waals surface area contributed by atoms with E-state index >= 15 is 0 Å². The van der Waals surface area contributed by atoms with Crippen LogP contribution in [0, 0.1) is 0 Å². The smallest absolute Gasteiger partial charge is 0.405 e. The van der Waals surface area contributed by atoms with E-state index in [1.165, 1.54) is 30.5 Å². The highest BCUT2D eigenvalue weighted by atomic mass is 35.5. The molecule has 1 heterocycles. The summed E-state index contributed by atoms with van der Waals surface area (Å²) in [4.78, 5) is 13.7. The highest BCUT2D eigenvalue weighted by Crippen LogP contribution is 2.35. The maximum Gasteiger partial charge on any atom is 0.573 e. The number of benzene rings is 1. The number of hydrogen-bond donors (Lipinski definition) is 1. The summed E-state index contributed by atoms with van der Waals surface area (Å²) in [5.41, 5.74) is -0.317. The number of para-hydroxylation sites is 1. The Labute approximate surface area is 110 Å². The van der Waals surface area contributed by atoms with Gasteiger partial charge >= 0.3 is 6.36 Å². The molecule has 0 fully saturated rings. The van der Waals surface area contributed by atoms with E-state index in [4.69, 9.17) is 11.6 Å². The summed E-state index contributed by atoms with van der Waals surface area (Å²) in [6, 6.07) is 6.87. The SMILES string of the molecule is O=c1[nH]ccc(-c2ccccc2OC(F)(F)F)c1Cl. The molecule has 0 amide bonds. The molecule has 0 aliphatic heterocycles. The van der Waals surface area contributed by atoms with Gasteiger partial charge in [-0.1, -0.05) is 29.8 Å². The van der Waals surface area contributed by atoms with Crippen LogP contribution in [-0.4, -0.2) is 11.3 Å². The highest BCUT2D eigenvalue weighted by molar-refractivity contribution is 6.33. The van der Waals surface area contributed by atoms with Crippen LogP contribution in [0.2, 0.25) is 5.02 Å². The zero-order valence-electron chi connectivity index (χ0n) is 9.29. The fraction of sp³-hybridized carbons (Fsp3) is 0.0833. The number of halogens is 4. The number of H-pyrrole nitrogens is 1. The molecule has 2 rings (SSSR count). The van der Waals surface area contributed by atoms with Gasteiger partial charge in [-0.2, -0.15) is 0 Å². The third-order valence-electron chi connectivity index (χ3n) is 2.30. The van der Waals surface area contributed by atoms with Crippen molar-refractivity contribution in [2.45, 2.75) is 6.36 Å². The number of aromatic amines is 1. The predicted molar refractivity (Wildman–Crippen MR) is 64.2 cm³/mol. The van der Waals surface area contributed by atoms with Gasteiger partial charge in [0.25, 0.3) is 5.56 Å². The molecule has 3 nitrogen and oxygen atoms in total. The Morgan fingerprint density at radius 2 is 1.79 bits per heavy atom. The van der Waals surface area contributed by atoms with Crippen LogP contribution in [0.15, 0.2) is 41.3 Å². The average molecular weight is 290 g/mol. The van der Waals surface area contributed by atoms with Crippen LogP contribution in [0.25, 0.3) is 11.1 Å². The Balaban J connectivity index is 2.57. The van der Waals surface area contributed by atoms with Crippen LogP contribution in [0.4, 0.5) is 13.2 Å². The molecule has 19 heavy (non-hydrogen) atoms. The van der Waals surface area contributed by atoms with Gasteiger partial charge in [0.15, 0.2) is 0 Å². The molecule has 0 bridgehead atoms. The summed E-state index contributed by atoms with van der Waals surface area (Å²) >= 11 is 5.79. The van der Waals surface area contributed by atoms with Gasteiger partial charge in [0.2, 0.25) is 0 Å². The number of hydrogen-bond acceptors (Lipinski definition) is 2. The lowest BCUT2D eigenvalue weighted by Crippen LogP contribution is -2.17. The van der Waals surface area contributed by atoms with Gasteiger partial charge in [-0.3, -0.25) is 4.79 Å². The number of ether oxygens (including phenoxy) is 1. The lowest BCUT2D eigenvalue weighted by atomic mass is 10.1. The molecule has 1 aromatic carbocycles. The number of nitrogens with one attached hydrogen (secondary N) is 1. The first-order chi connectivity index (χ1) is 8.88. The van der Waals surface area contributed by atoms with E-state index in [-0.39, 0.29) is 16.1 Å². The van der Waals surface area contributed by atoms with Gasteiger partial charge in [0.1, 0.15) is 10.8 Å². The van der Waals surface area contributed by atoms with Crippen molar-refractivity contribution >= 4 is 11.6 Å². The fourth-order valence-electron chi connectivity index (χ4n) is 1.57. The van der Waals surface area contributed by atoms with Crippen molar-refractivity contribution in [1.82, 2.24) is 4.98 Å². The molecule has 0 aliphatic carbocycles. The topological polar surface area (TPSA) is 42.1 Å². The molecule has 1 aromatic heterocycles. The summed E-state index contributed by atoms with van der Waals surface area (Å²) in [5.74, 6) is -0.414. The number of alkyl halides is 3. The monoisotopic (exact) mass is 289 g/mol. The van der Waals surface area contributed by atoms with E-state index in [0.717, 1.165) is 6.07 Å². The maximum absolute atomic E-state index is 12.3. The molecule has 7 heteroatoms.